The summed E-state index contributed by atoms with van der Waals surface area (Å²) < 4.78 is 2.07. The number of amides is 1. The van der Waals surface area contributed by atoms with E-state index in [1.165, 1.54) is 19.3 Å². The number of hydrogen-bond donors (Lipinski definition) is 0. The molecule has 3 heterocycles. The summed E-state index contributed by atoms with van der Waals surface area (Å²) in [5, 5.41) is 8.77. The number of rotatable bonds is 2. The van der Waals surface area contributed by atoms with E-state index in [4.69, 9.17) is 0 Å². The van der Waals surface area contributed by atoms with Gasteiger partial charge in [0.05, 0.1) is 11.7 Å². The molecule has 2 bridgehead atoms. The maximum atomic E-state index is 12.7. The molecule has 1 aromatic heterocycles. The van der Waals surface area contributed by atoms with Gasteiger partial charge in [0.25, 0.3) is 0 Å². The Balaban J connectivity index is 1.49. The number of nitrogens with zero attached hydrogens (tertiary/aromatic N) is 4. The Labute approximate surface area is 138 Å². The topological polar surface area (TPSA) is 51.0 Å². The van der Waals surface area contributed by atoms with Crippen molar-refractivity contribution in [1.82, 2.24) is 19.9 Å². The van der Waals surface area contributed by atoms with E-state index in [1.807, 2.05) is 0 Å². The summed E-state index contributed by atoms with van der Waals surface area (Å²) >= 11 is 0. The van der Waals surface area contributed by atoms with Crippen LogP contribution in [0, 0.1) is 5.92 Å². The van der Waals surface area contributed by atoms with E-state index in [0.717, 1.165) is 31.4 Å². The largest absolute Gasteiger partial charge is 0.336 e. The van der Waals surface area contributed by atoms with Gasteiger partial charge in [-0.15, -0.1) is 5.10 Å². The van der Waals surface area contributed by atoms with Crippen LogP contribution in [0.1, 0.15) is 77.5 Å². The summed E-state index contributed by atoms with van der Waals surface area (Å²) in [6.45, 7) is 6.51. The molecule has 0 N–H and O–H groups in total. The smallest absolute Gasteiger partial charge is 0.226 e. The highest BCUT2D eigenvalue weighted by Gasteiger charge is 2.46. The Bertz CT molecular complexity index is 584. The first-order valence-electron chi connectivity index (χ1n) is 9.18. The van der Waals surface area contributed by atoms with E-state index in [0.29, 0.717) is 30.0 Å². The number of fused-ring (bicyclic) bond motifs is 2. The Kier molecular flexibility index (Phi) is 3.50. The molecule has 0 aromatic carbocycles. The molecular formula is C18H28N4O. The van der Waals surface area contributed by atoms with Crippen LogP contribution in [0.4, 0.5) is 0 Å². The number of piperidine rings is 1. The van der Waals surface area contributed by atoms with Gasteiger partial charge < -0.3 is 4.90 Å². The molecule has 3 fully saturated rings. The zero-order chi connectivity index (χ0) is 16.2. The fraction of sp³-hybridized carbons (Fsp3) is 0.833. The zero-order valence-corrected chi connectivity index (χ0v) is 14.5. The standard InChI is InChI=1S/C18H28N4O/c1-18(2,3)16-11-21(20-19-16)15-9-13-7-8-14(10-15)22(13)17(23)12-5-4-6-12/h11-15H,4-10H2,1-3H3. The van der Waals surface area contributed by atoms with Gasteiger partial charge in [0.1, 0.15) is 0 Å². The molecule has 0 radical (unpaired) electrons. The summed E-state index contributed by atoms with van der Waals surface area (Å²) in [7, 11) is 0. The van der Waals surface area contributed by atoms with Gasteiger partial charge in [-0.3, -0.25) is 4.79 Å². The van der Waals surface area contributed by atoms with Gasteiger partial charge in [0.2, 0.25) is 5.91 Å². The van der Waals surface area contributed by atoms with Crippen LogP contribution in [0.2, 0.25) is 0 Å². The number of aromatic nitrogens is 3. The summed E-state index contributed by atoms with van der Waals surface area (Å²) in [4.78, 5) is 15.0. The Morgan fingerprint density at radius 2 is 1.74 bits per heavy atom. The number of carbonyl (C=O) groups excluding carboxylic acids is 1. The molecular weight excluding hydrogens is 288 g/mol. The molecule has 1 aliphatic carbocycles. The van der Waals surface area contributed by atoms with E-state index < -0.39 is 0 Å². The highest BCUT2D eigenvalue weighted by molar-refractivity contribution is 5.80. The lowest BCUT2D eigenvalue weighted by Gasteiger charge is -2.42. The molecule has 1 aromatic rings. The fourth-order valence-corrected chi connectivity index (χ4v) is 4.39. The predicted molar refractivity (Wildman–Crippen MR) is 88.0 cm³/mol. The first kappa shape index (κ1) is 15.2. The molecule has 2 unspecified atom stereocenters. The third kappa shape index (κ3) is 2.58. The van der Waals surface area contributed by atoms with Crippen LogP contribution in [0.15, 0.2) is 6.20 Å². The Morgan fingerprint density at radius 1 is 1.09 bits per heavy atom. The van der Waals surface area contributed by atoms with Crippen LogP contribution >= 0.6 is 0 Å². The third-order valence-corrected chi connectivity index (χ3v) is 6.07. The summed E-state index contributed by atoms with van der Waals surface area (Å²) in [6, 6.07) is 1.25. The highest BCUT2D eigenvalue weighted by atomic mass is 16.2. The molecule has 5 heteroatoms. The van der Waals surface area contributed by atoms with Crippen molar-refractivity contribution in [2.45, 2.75) is 89.3 Å². The van der Waals surface area contributed by atoms with Crippen LogP contribution < -0.4 is 0 Å². The molecule has 2 saturated heterocycles. The van der Waals surface area contributed by atoms with E-state index in [1.54, 1.807) is 0 Å². The average Bonchev–Trinajstić information content (AvgIpc) is 3.00. The van der Waals surface area contributed by atoms with Crippen LogP contribution in [0.5, 0.6) is 0 Å². The maximum Gasteiger partial charge on any atom is 0.226 e. The van der Waals surface area contributed by atoms with Gasteiger partial charge >= 0.3 is 0 Å². The van der Waals surface area contributed by atoms with Crippen molar-refractivity contribution < 1.29 is 4.79 Å². The van der Waals surface area contributed by atoms with E-state index >= 15 is 0 Å². The zero-order valence-electron chi connectivity index (χ0n) is 14.5. The van der Waals surface area contributed by atoms with Crippen molar-refractivity contribution >= 4 is 5.91 Å². The first-order valence-corrected chi connectivity index (χ1v) is 9.18. The second-order valence-corrected chi connectivity index (χ2v) is 8.72. The lowest BCUT2D eigenvalue weighted by Crippen LogP contribution is -2.50. The van der Waals surface area contributed by atoms with Gasteiger partial charge in [-0.1, -0.05) is 32.4 Å². The second kappa shape index (κ2) is 5.32. The predicted octanol–water partition coefficient (Wildman–Crippen LogP) is 3.07. The molecule has 126 valence electrons. The van der Waals surface area contributed by atoms with Crippen LogP contribution in [0.25, 0.3) is 0 Å². The SMILES string of the molecule is CC(C)(C)c1cn(C2CC3CCC(C2)N3C(=O)C2CCC2)nn1. The van der Waals surface area contributed by atoms with Crippen LogP contribution in [-0.4, -0.2) is 37.9 Å². The van der Waals surface area contributed by atoms with Crippen molar-refractivity contribution in [1.29, 1.82) is 0 Å². The van der Waals surface area contributed by atoms with Gasteiger partial charge in [-0.2, -0.15) is 0 Å². The quantitative estimate of drug-likeness (QED) is 0.842. The lowest BCUT2D eigenvalue weighted by atomic mass is 9.83. The van der Waals surface area contributed by atoms with E-state index in [-0.39, 0.29) is 5.41 Å². The molecule has 4 rings (SSSR count). The van der Waals surface area contributed by atoms with E-state index in [2.05, 4.69) is 46.9 Å². The minimum absolute atomic E-state index is 0.0398. The summed E-state index contributed by atoms with van der Waals surface area (Å²) in [5.41, 5.74) is 1.09. The molecule has 1 amide bonds. The second-order valence-electron chi connectivity index (χ2n) is 8.72. The maximum absolute atomic E-state index is 12.7. The van der Waals surface area contributed by atoms with Crippen molar-refractivity contribution in [2.24, 2.45) is 5.92 Å². The Morgan fingerprint density at radius 3 is 2.22 bits per heavy atom. The number of carbonyl (C=O) groups is 1. The van der Waals surface area contributed by atoms with Crippen molar-refractivity contribution in [3.05, 3.63) is 11.9 Å². The van der Waals surface area contributed by atoms with Crippen LogP contribution in [0.3, 0.4) is 0 Å². The van der Waals surface area contributed by atoms with E-state index in [9.17, 15) is 4.79 Å². The molecule has 5 nitrogen and oxygen atoms in total. The Hall–Kier alpha value is -1.39. The molecule has 23 heavy (non-hydrogen) atoms. The minimum atomic E-state index is 0.0398. The third-order valence-electron chi connectivity index (χ3n) is 6.07. The van der Waals surface area contributed by atoms with Gasteiger partial charge in [-0.05, 0) is 38.5 Å². The van der Waals surface area contributed by atoms with Gasteiger partial charge in [-0.25, -0.2) is 4.68 Å². The summed E-state index contributed by atoms with van der Waals surface area (Å²) in [5.74, 6) is 0.768. The fourth-order valence-electron chi connectivity index (χ4n) is 4.39. The molecule has 1 saturated carbocycles. The molecule has 3 aliphatic rings. The van der Waals surface area contributed by atoms with Crippen LogP contribution in [-0.2, 0) is 10.2 Å². The normalized spacial score (nSPS) is 31.3. The monoisotopic (exact) mass is 316 g/mol. The molecule has 2 atom stereocenters. The van der Waals surface area contributed by atoms with Crippen molar-refractivity contribution in [2.75, 3.05) is 0 Å². The number of hydrogen-bond acceptors (Lipinski definition) is 3. The average molecular weight is 316 g/mol. The first-order chi connectivity index (χ1) is 10.9. The lowest BCUT2D eigenvalue weighted by molar-refractivity contribution is -0.143. The van der Waals surface area contributed by atoms with Crippen molar-refractivity contribution in [3.8, 4) is 0 Å². The highest BCUT2D eigenvalue weighted by Crippen LogP contribution is 2.43. The molecule has 0 spiro atoms. The summed E-state index contributed by atoms with van der Waals surface area (Å²) in [6.07, 6.45) is 9.99. The van der Waals surface area contributed by atoms with Gasteiger partial charge in [0.15, 0.2) is 0 Å². The minimum Gasteiger partial charge on any atom is -0.336 e. The van der Waals surface area contributed by atoms with Crippen molar-refractivity contribution in [3.63, 3.8) is 0 Å². The van der Waals surface area contributed by atoms with Gasteiger partial charge in [0, 0.05) is 29.6 Å². The molecule has 2 aliphatic heterocycles.